The Hall–Kier alpha value is -1.85. The molecule has 0 unspecified atom stereocenters. The second-order valence-corrected chi connectivity index (χ2v) is 8.75. The molecule has 1 aromatic heterocycles. The number of Topliss-reactive ketones (excluding diaryl/α,β-unsaturated/α-hetero) is 1. The van der Waals surface area contributed by atoms with Crippen LogP contribution in [0.2, 0.25) is 0 Å². The molecular formula is C20H24N2O2S. The molecule has 0 radical (unpaired) electrons. The fourth-order valence-electron chi connectivity index (χ4n) is 3.84. The number of rotatable bonds is 2. The van der Waals surface area contributed by atoms with Gasteiger partial charge in [0.25, 0.3) is 0 Å². The molecule has 2 aromatic rings. The Morgan fingerprint density at radius 2 is 1.80 bits per heavy atom. The van der Waals surface area contributed by atoms with Crippen molar-refractivity contribution in [1.82, 2.24) is 0 Å². The van der Waals surface area contributed by atoms with Crippen LogP contribution in [0.15, 0.2) is 24.3 Å². The third-order valence-corrected chi connectivity index (χ3v) is 6.37. The maximum atomic E-state index is 12.8. The van der Waals surface area contributed by atoms with Crippen LogP contribution < -0.4 is 10.6 Å². The van der Waals surface area contributed by atoms with E-state index < -0.39 is 0 Å². The van der Waals surface area contributed by atoms with E-state index in [0.717, 1.165) is 48.9 Å². The SMILES string of the molecule is CC1(C)CC(=O)c2sc(N3CCOCC3)c(-c3ccc(N)cc3)c2C1. The summed E-state index contributed by atoms with van der Waals surface area (Å²) in [6.07, 6.45) is 1.57. The second kappa shape index (κ2) is 6.15. The van der Waals surface area contributed by atoms with Crippen molar-refractivity contribution >= 4 is 27.8 Å². The van der Waals surface area contributed by atoms with E-state index in [-0.39, 0.29) is 11.2 Å². The van der Waals surface area contributed by atoms with Gasteiger partial charge in [-0.25, -0.2) is 0 Å². The maximum Gasteiger partial charge on any atom is 0.173 e. The zero-order chi connectivity index (χ0) is 17.6. The maximum absolute atomic E-state index is 12.8. The Morgan fingerprint density at radius 3 is 2.48 bits per heavy atom. The topological polar surface area (TPSA) is 55.6 Å². The molecule has 2 aliphatic rings. The first-order valence-corrected chi connectivity index (χ1v) is 9.64. The number of thiophene rings is 1. The molecule has 0 spiro atoms. The van der Waals surface area contributed by atoms with Gasteiger partial charge in [-0.3, -0.25) is 4.79 Å². The van der Waals surface area contributed by atoms with Crippen molar-refractivity contribution in [3.8, 4) is 11.1 Å². The number of nitrogens with zero attached hydrogens (tertiary/aromatic N) is 1. The van der Waals surface area contributed by atoms with Crippen molar-refractivity contribution in [3.63, 3.8) is 0 Å². The Balaban J connectivity index is 1.89. The van der Waals surface area contributed by atoms with Gasteiger partial charge in [-0.15, -0.1) is 11.3 Å². The number of hydrogen-bond donors (Lipinski definition) is 1. The van der Waals surface area contributed by atoms with E-state index >= 15 is 0 Å². The van der Waals surface area contributed by atoms with E-state index in [9.17, 15) is 4.79 Å². The van der Waals surface area contributed by atoms with Crippen molar-refractivity contribution in [2.45, 2.75) is 26.7 Å². The molecule has 1 aliphatic heterocycles. The Kier molecular flexibility index (Phi) is 4.08. The predicted molar refractivity (Wildman–Crippen MR) is 104 cm³/mol. The van der Waals surface area contributed by atoms with Crippen LogP contribution in [0.3, 0.4) is 0 Å². The van der Waals surface area contributed by atoms with Crippen LogP contribution in [0.4, 0.5) is 10.7 Å². The molecule has 0 bridgehead atoms. The lowest BCUT2D eigenvalue weighted by atomic mass is 9.75. The Labute approximate surface area is 152 Å². The summed E-state index contributed by atoms with van der Waals surface area (Å²) < 4.78 is 5.52. The zero-order valence-corrected chi connectivity index (χ0v) is 15.6. The van der Waals surface area contributed by atoms with Crippen LogP contribution in [0.1, 0.15) is 35.5 Å². The number of benzene rings is 1. The minimum absolute atomic E-state index is 0.00991. The number of carbonyl (C=O) groups excluding carboxylic acids is 1. The molecule has 0 atom stereocenters. The van der Waals surface area contributed by atoms with Crippen LogP contribution in [-0.2, 0) is 11.2 Å². The molecule has 0 amide bonds. The molecule has 25 heavy (non-hydrogen) atoms. The summed E-state index contributed by atoms with van der Waals surface area (Å²) in [5.74, 6) is 0.285. The van der Waals surface area contributed by atoms with Crippen molar-refractivity contribution in [3.05, 3.63) is 34.7 Å². The minimum atomic E-state index is 0.00991. The number of nitrogens with two attached hydrogens (primary N) is 1. The molecular weight excluding hydrogens is 332 g/mol. The highest BCUT2D eigenvalue weighted by Crippen LogP contribution is 2.49. The number of nitrogen functional groups attached to an aromatic ring is 1. The van der Waals surface area contributed by atoms with Crippen molar-refractivity contribution in [2.75, 3.05) is 36.9 Å². The molecule has 0 saturated carbocycles. The third-order valence-electron chi connectivity index (χ3n) is 5.03. The summed E-state index contributed by atoms with van der Waals surface area (Å²) in [6.45, 7) is 7.60. The van der Waals surface area contributed by atoms with Crippen molar-refractivity contribution in [2.24, 2.45) is 5.41 Å². The molecule has 1 fully saturated rings. The van der Waals surface area contributed by atoms with Gasteiger partial charge in [0.2, 0.25) is 0 Å². The zero-order valence-electron chi connectivity index (χ0n) is 14.8. The summed E-state index contributed by atoms with van der Waals surface area (Å²) in [5, 5.41) is 1.21. The predicted octanol–water partition coefficient (Wildman–Crippen LogP) is 3.99. The Bertz CT molecular complexity index is 802. The molecule has 1 saturated heterocycles. The first kappa shape index (κ1) is 16.6. The normalized spacial score (nSPS) is 19.8. The average Bonchev–Trinajstić information content (AvgIpc) is 2.95. The van der Waals surface area contributed by atoms with Gasteiger partial charge in [0.1, 0.15) is 0 Å². The molecule has 2 heterocycles. The van der Waals surface area contributed by atoms with E-state index in [0.29, 0.717) is 6.42 Å². The highest BCUT2D eigenvalue weighted by molar-refractivity contribution is 7.19. The summed E-state index contributed by atoms with van der Waals surface area (Å²) in [6, 6.07) is 8.04. The number of morpholine rings is 1. The second-order valence-electron chi connectivity index (χ2n) is 7.75. The fourth-order valence-corrected chi connectivity index (χ4v) is 5.17. The number of ketones is 1. The van der Waals surface area contributed by atoms with Gasteiger partial charge in [0, 0.05) is 30.8 Å². The highest BCUT2D eigenvalue weighted by Gasteiger charge is 2.36. The summed E-state index contributed by atoms with van der Waals surface area (Å²) in [7, 11) is 0. The minimum Gasteiger partial charge on any atom is -0.399 e. The van der Waals surface area contributed by atoms with E-state index in [2.05, 4.69) is 30.9 Å². The first-order chi connectivity index (χ1) is 11.9. The largest absolute Gasteiger partial charge is 0.399 e. The molecule has 132 valence electrons. The van der Waals surface area contributed by atoms with Crippen LogP contribution in [-0.4, -0.2) is 32.1 Å². The van der Waals surface area contributed by atoms with E-state index in [1.54, 1.807) is 11.3 Å². The lowest BCUT2D eigenvalue weighted by molar-refractivity contribution is 0.0918. The average molecular weight is 356 g/mol. The van der Waals surface area contributed by atoms with Gasteiger partial charge < -0.3 is 15.4 Å². The van der Waals surface area contributed by atoms with Crippen LogP contribution in [0, 0.1) is 5.41 Å². The van der Waals surface area contributed by atoms with Gasteiger partial charge in [-0.1, -0.05) is 26.0 Å². The van der Waals surface area contributed by atoms with Gasteiger partial charge in [0.15, 0.2) is 5.78 Å². The van der Waals surface area contributed by atoms with Crippen molar-refractivity contribution in [1.29, 1.82) is 0 Å². The lowest BCUT2D eigenvalue weighted by Crippen LogP contribution is -2.36. The van der Waals surface area contributed by atoms with E-state index in [4.69, 9.17) is 10.5 Å². The van der Waals surface area contributed by atoms with Gasteiger partial charge in [0.05, 0.1) is 23.1 Å². The smallest absolute Gasteiger partial charge is 0.173 e. The first-order valence-electron chi connectivity index (χ1n) is 8.82. The fraction of sp³-hybridized carbons (Fsp3) is 0.450. The van der Waals surface area contributed by atoms with Crippen molar-refractivity contribution < 1.29 is 9.53 Å². The molecule has 2 N–H and O–H groups in total. The Morgan fingerprint density at radius 1 is 1.12 bits per heavy atom. The molecule has 4 rings (SSSR count). The third kappa shape index (κ3) is 3.07. The van der Waals surface area contributed by atoms with E-state index in [1.165, 1.54) is 16.1 Å². The number of ether oxygens (including phenoxy) is 1. The van der Waals surface area contributed by atoms with Gasteiger partial charge >= 0.3 is 0 Å². The monoisotopic (exact) mass is 356 g/mol. The van der Waals surface area contributed by atoms with Gasteiger partial charge in [-0.05, 0) is 35.1 Å². The van der Waals surface area contributed by atoms with Crippen LogP contribution in [0.25, 0.3) is 11.1 Å². The highest BCUT2D eigenvalue weighted by atomic mass is 32.1. The van der Waals surface area contributed by atoms with Crippen LogP contribution >= 0.6 is 11.3 Å². The number of fused-ring (bicyclic) bond motifs is 1. The number of anilines is 2. The molecule has 5 heteroatoms. The summed E-state index contributed by atoms with van der Waals surface area (Å²) in [4.78, 5) is 16.1. The molecule has 4 nitrogen and oxygen atoms in total. The number of hydrogen-bond acceptors (Lipinski definition) is 5. The number of carbonyl (C=O) groups is 1. The standard InChI is InChI=1S/C20H24N2O2S/c1-20(2)11-15-17(13-3-5-14(21)6-4-13)19(22-7-9-24-10-8-22)25-18(15)16(23)12-20/h3-6H,7-12,21H2,1-2H3. The van der Waals surface area contributed by atoms with Gasteiger partial charge in [-0.2, -0.15) is 0 Å². The van der Waals surface area contributed by atoms with Crippen LogP contribution in [0.5, 0.6) is 0 Å². The lowest BCUT2D eigenvalue weighted by Gasteiger charge is -2.30. The molecule has 1 aliphatic carbocycles. The van der Waals surface area contributed by atoms with E-state index in [1.807, 2.05) is 12.1 Å². The quantitative estimate of drug-likeness (QED) is 0.827. The summed E-state index contributed by atoms with van der Waals surface area (Å²) in [5.41, 5.74) is 10.3. The molecule has 1 aromatic carbocycles. The summed E-state index contributed by atoms with van der Waals surface area (Å²) >= 11 is 1.67.